The molecule has 1 fully saturated rings. The molecule has 1 aliphatic rings. The van der Waals surface area contributed by atoms with Crippen LogP contribution in [0.1, 0.15) is 29.2 Å². The number of nitrogens with zero attached hydrogens (tertiary/aromatic N) is 1. The minimum atomic E-state index is -0.825. The Hall–Kier alpha value is -4.11. The molecule has 1 saturated heterocycles. The van der Waals surface area contributed by atoms with E-state index in [0.29, 0.717) is 46.2 Å². The molecule has 1 aliphatic heterocycles. The molecule has 0 spiro atoms. The Balaban J connectivity index is 1.64. The van der Waals surface area contributed by atoms with Crippen LogP contribution in [0.5, 0.6) is 17.2 Å². The molecule has 4 rings (SSSR count). The van der Waals surface area contributed by atoms with Crippen molar-refractivity contribution in [2.45, 2.75) is 27.4 Å². The molecule has 38 heavy (non-hydrogen) atoms. The third-order valence-electron chi connectivity index (χ3n) is 6.03. The average Bonchev–Trinajstić information content (AvgIpc) is 2.88. The molecular formula is C29H27BrN2O6. The van der Waals surface area contributed by atoms with Crippen molar-refractivity contribution in [2.75, 3.05) is 18.6 Å². The number of carbonyl (C=O) groups is 3. The number of barbiturate groups is 1. The van der Waals surface area contributed by atoms with Gasteiger partial charge in [-0.2, -0.15) is 0 Å². The largest absolute Gasteiger partial charge is 0.497 e. The van der Waals surface area contributed by atoms with Crippen LogP contribution in [0.4, 0.5) is 10.5 Å². The lowest BCUT2D eigenvalue weighted by molar-refractivity contribution is -0.122. The van der Waals surface area contributed by atoms with E-state index in [1.807, 2.05) is 19.1 Å². The fourth-order valence-electron chi connectivity index (χ4n) is 3.91. The molecule has 4 amide bonds. The minimum absolute atomic E-state index is 0.196. The zero-order valence-corrected chi connectivity index (χ0v) is 23.0. The lowest BCUT2D eigenvalue weighted by Gasteiger charge is -2.26. The van der Waals surface area contributed by atoms with E-state index in [0.717, 1.165) is 10.5 Å². The van der Waals surface area contributed by atoms with Gasteiger partial charge < -0.3 is 14.2 Å². The van der Waals surface area contributed by atoms with Crippen molar-refractivity contribution in [1.29, 1.82) is 0 Å². The topological polar surface area (TPSA) is 94.2 Å². The van der Waals surface area contributed by atoms with E-state index in [-0.39, 0.29) is 5.57 Å². The zero-order valence-electron chi connectivity index (χ0n) is 21.5. The van der Waals surface area contributed by atoms with E-state index in [1.54, 1.807) is 36.4 Å². The second-order valence-corrected chi connectivity index (χ2v) is 9.48. The average molecular weight is 579 g/mol. The number of hydrogen-bond acceptors (Lipinski definition) is 6. The lowest BCUT2D eigenvalue weighted by Crippen LogP contribution is -2.54. The predicted octanol–water partition coefficient (Wildman–Crippen LogP) is 5.72. The van der Waals surface area contributed by atoms with Crippen LogP contribution >= 0.6 is 15.9 Å². The van der Waals surface area contributed by atoms with Gasteiger partial charge in [0.15, 0.2) is 11.5 Å². The van der Waals surface area contributed by atoms with Crippen LogP contribution in [0, 0.1) is 13.8 Å². The van der Waals surface area contributed by atoms with Gasteiger partial charge in [0.1, 0.15) is 17.9 Å². The number of halogens is 1. The summed E-state index contributed by atoms with van der Waals surface area (Å²) in [6.07, 6.45) is 1.42. The van der Waals surface area contributed by atoms with Crippen molar-refractivity contribution in [1.82, 2.24) is 5.32 Å². The van der Waals surface area contributed by atoms with Crippen LogP contribution in [0.15, 0.2) is 64.6 Å². The number of benzene rings is 3. The first-order valence-corrected chi connectivity index (χ1v) is 12.7. The number of methoxy groups -OCH3 is 1. The van der Waals surface area contributed by atoms with Crippen LogP contribution < -0.4 is 24.4 Å². The van der Waals surface area contributed by atoms with Crippen LogP contribution in [0.2, 0.25) is 0 Å². The number of amides is 4. The van der Waals surface area contributed by atoms with E-state index >= 15 is 0 Å². The minimum Gasteiger partial charge on any atom is -0.497 e. The van der Waals surface area contributed by atoms with E-state index < -0.39 is 17.8 Å². The number of urea groups is 1. The molecule has 0 saturated carbocycles. The molecule has 0 bridgehead atoms. The fourth-order valence-corrected chi connectivity index (χ4v) is 4.49. The van der Waals surface area contributed by atoms with Gasteiger partial charge in [0.2, 0.25) is 0 Å². The molecule has 0 aliphatic carbocycles. The Morgan fingerprint density at radius 2 is 1.68 bits per heavy atom. The van der Waals surface area contributed by atoms with E-state index in [9.17, 15) is 14.4 Å². The standard InChI is InChI=1S/C29H27BrN2O6/c1-5-37-25-15-20(14-24(30)26(25)38-16-19-7-6-17(2)18(3)12-19)13-23-27(33)31-29(35)32(28(23)34)21-8-10-22(36-4)11-9-21/h6-15H,5,16H2,1-4H3,(H,31,33,35)/b23-13+. The first kappa shape index (κ1) is 26.9. The number of anilines is 1. The Labute approximate surface area is 229 Å². The molecule has 9 heteroatoms. The van der Waals surface area contributed by atoms with E-state index in [2.05, 4.69) is 41.2 Å². The molecule has 0 unspecified atom stereocenters. The highest BCUT2D eigenvalue weighted by Crippen LogP contribution is 2.38. The number of ether oxygens (including phenoxy) is 3. The SMILES string of the molecule is CCOc1cc(/C=C2\C(=O)NC(=O)N(c3ccc(OC)cc3)C2=O)cc(Br)c1OCc1ccc(C)c(C)c1. The smallest absolute Gasteiger partial charge is 0.335 e. The molecule has 0 radical (unpaired) electrons. The lowest BCUT2D eigenvalue weighted by atomic mass is 10.1. The van der Waals surface area contributed by atoms with Crippen molar-refractivity contribution in [2.24, 2.45) is 0 Å². The highest BCUT2D eigenvalue weighted by Gasteiger charge is 2.37. The number of carbonyl (C=O) groups excluding carboxylic acids is 3. The summed E-state index contributed by atoms with van der Waals surface area (Å²) in [6, 6.07) is 15.1. The number of aryl methyl sites for hydroxylation is 2. The van der Waals surface area contributed by atoms with Gasteiger partial charge in [-0.15, -0.1) is 0 Å². The van der Waals surface area contributed by atoms with Gasteiger partial charge in [0.05, 0.1) is 23.9 Å². The summed E-state index contributed by atoms with van der Waals surface area (Å²) in [5, 5.41) is 2.23. The molecule has 3 aromatic rings. The maximum Gasteiger partial charge on any atom is 0.335 e. The number of nitrogens with one attached hydrogen (secondary N) is 1. The predicted molar refractivity (Wildman–Crippen MR) is 148 cm³/mol. The Kier molecular flexibility index (Phi) is 8.16. The number of imide groups is 2. The molecule has 0 aromatic heterocycles. The highest BCUT2D eigenvalue weighted by molar-refractivity contribution is 9.10. The molecule has 1 heterocycles. The van der Waals surface area contributed by atoms with Crippen molar-refractivity contribution in [3.63, 3.8) is 0 Å². The first-order valence-electron chi connectivity index (χ1n) is 11.9. The van der Waals surface area contributed by atoms with Crippen LogP contribution in [0.3, 0.4) is 0 Å². The molecular weight excluding hydrogens is 552 g/mol. The second kappa shape index (κ2) is 11.5. The summed E-state index contributed by atoms with van der Waals surface area (Å²) >= 11 is 3.54. The van der Waals surface area contributed by atoms with Crippen molar-refractivity contribution < 1.29 is 28.6 Å². The maximum atomic E-state index is 13.3. The van der Waals surface area contributed by atoms with Crippen LogP contribution in [0.25, 0.3) is 6.08 Å². The van der Waals surface area contributed by atoms with E-state index in [4.69, 9.17) is 14.2 Å². The highest BCUT2D eigenvalue weighted by atomic mass is 79.9. The monoisotopic (exact) mass is 578 g/mol. The van der Waals surface area contributed by atoms with Gasteiger partial charge in [-0.25, -0.2) is 9.69 Å². The summed E-state index contributed by atoms with van der Waals surface area (Å²) in [5.74, 6) is -0.00781. The maximum absolute atomic E-state index is 13.3. The number of rotatable bonds is 8. The van der Waals surface area contributed by atoms with Gasteiger partial charge in [-0.05, 0) is 101 Å². The van der Waals surface area contributed by atoms with Crippen LogP contribution in [-0.2, 0) is 16.2 Å². The summed E-state index contributed by atoms with van der Waals surface area (Å²) in [5.41, 5.74) is 4.02. The van der Waals surface area contributed by atoms with Crippen molar-refractivity contribution in [3.05, 3.63) is 86.9 Å². The van der Waals surface area contributed by atoms with Crippen LogP contribution in [-0.4, -0.2) is 31.6 Å². The quantitative estimate of drug-likeness (QED) is 0.271. The summed E-state index contributed by atoms with van der Waals surface area (Å²) in [4.78, 5) is 39.3. The zero-order chi connectivity index (χ0) is 27.4. The number of hydrogen-bond donors (Lipinski definition) is 1. The van der Waals surface area contributed by atoms with Gasteiger partial charge in [-0.1, -0.05) is 18.2 Å². The van der Waals surface area contributed by atoms with Crippen molar-refractivity contribution in [3.8, 4) is 17.2 Å². The summed E-state index contributed by atoms with van der Waals surface area (Å²) in [6.45, 7) is 6.67. The van der Waals surface area contributed by atoms with Gasteiger partial charge in [-0.3, -0.25) is 14.9 Å². The summed E-state index contributed by atoms with van der Waals surface area (Å²) < 4.78 is 17.6. The molecule has 0 atom stereocenters. The normalized spacial score (nSPS) is 14.5. The van der Waals surface area contributed by atoms with Gasteiger partial charge >= 0.3 is 6.03 Å². The molecule has 3 aromatic carbocycles. The first-order chi connectivity index (χ1) is 18.2. The Morgan fingerprint density at radius 1 is 0.947 bits per heavy atom. The Morgan fingerprint density at radius 3 is 2.34 bits per heavy atom. The molecule has 196 valence electrons. The van der Waals surface area contributed by atoms with Gasteiger partial charge in [0.25, 0.3) is 11.8 Å². The molecule has 8 nitrogen and oxygen atoms in total. The fraction of sp³-hybridized carbons (Fsp3) is 0.207. The van der Waals surface area contributed by atoms with E-state index in [1.165, 1.54) is 24.3 Å². The molecule has 1 N–H and O–H groups in total. The third kappa shape index (κ3) is 5.73. The van der Waals surface area contributed by atoms with Gasteiger partial charge in [0, 0.05) is 0 Å². The van der Waals surface area contributed by atoms with Crippen molar-refractivity contribution >= 4 is 45.5 Å². The Bertz CT molecular complexity index is 1430. The second-order valence-electron chi connectivity index (χ2n) is 8.63. The summed E-state index contributed by atoms with van der Waals surface area (Å²) in [7, 11) is 1.52. The third-order valence-corrected chi connectivity index (χ3v) is 6.62.